The molecule has 21 heavy (non-hydrogen) atoms. The Kier molecular flexibility index (Phi) is 4.90. The second kappa shape index (κ2) is 6.67. The number of carbonyl (C=O) groups is 1. The summed E-state index contributed by atoms with van der Waals surface area (Å²) in [4.78, 5) is 10.8. The zero-order valence-electron chi connectivity index (χ0n) is 11.0. The maximum absolute atomic E-state index is 13.1. The van der Waals surface area contributed by atoms with E-state index in [1.807, 2.05) is 0 Å². The molecule has 2 aromatic carbocycles. The maximum atomic E-state index is 13.1. The van der Waals surface area contributed by atoms with E-state index in [0.29, 0.717) is 33.4 Å². The Morgan fingerprint density at radius 1 is 1.19 bits per heavy atom. The Labute approximate surface area is 128 Å². The summed E-state index contributed by atoms with van der Waals surface area (Å²) in [5.74, 6) is -1.09. The molecule has 0 atom stereocenters. The Bertz CT molecular complexity index is 674. The van der Waals surface area contributed by atoms with Crippen molar-refractivity contribution in [3.63, 3.8) is 0 Å². The minimum absolute atomic E-state index is 0.0343. The summed E-state index contributed by atoms with van der Waals surface area (Å²) in [6.07, 6.45) is 0.687. The Hall–Kier alpha value is -1.95. The van der Waals surface area contributed by atoms with Gasteiger partial charge in [-0.25, -0.2) is 8.78 Å². The summed E-state index contributed by atoms with van der Waals surface area (Å²) in [7, 11) is 1.45. The molecule has 0 bridgehead atoms. The summed E-state index contributed by atoms with van der Waals surface area (Å²) < 4.78 is 37.2. The van der Waals surface area contributed by atoms with Gasteiger partial charge < -0.3 is 9.47 Å². The number of aldehydes is 1. The summed E-state index contributed by atoms with van der Waals surface area (Å²) in [6.45, 7) is 0.0343. The molecule has 0 fully saturated rings. The zero-order chi connectivity index (χ0) is 15.4. The monoisotopic (exact) mass is 356 g/mol. The Morgan fingerprint density at radius 2 is 1.95 bits per heavy atom. The van der Waals surface area contributed by atoms with Gasteiger partial charge in [0.2, 0.25) is 0 Å². The third-order valence-electron chi connectivity index (χ3n) is 2.76. The van der Waals surface area contributed by atoms with E-state index in [0.717, 1.165) is 12.1 Å². The van der Waals surface area contributed by atoms with Crippen LogP contribution in [0.4, 0.5) is 8.78 Å². The van der Waals surface area contributed by atoms with Gasteiger partial charge in [0, 0.05) is 5.56 Å². The Morgan fingerprint density at radius 3 is 2.57 bits per heavy atom. The smallest absolute Gasteiger partial charge is 0.175 e. The first kappa shape index (κ1) is 15.4. The van der Waals surface area contributed by atoms with Crippen LogP contribution in [-0.2, 0) is 6.61 Å². The van der Waals surface area contributed by atoms with Crippen molar-refractivity contribution in [1.82, 2.24) is 0 Å². The number of halogens is 3. The lowest BCUT2D eigenvalue weighted by molar-refractivity contribution is 0.112. The number of hydrogen-bond acceptors (Lipinski definition) is 3. The van der Waals surface area contributed by atoms with Crippen LogP contribution in [0.3, 0.4) is 0 Å². The minimum atomic E-state index is -0.932. The van der Waals surface area contributed by atoms with Crippen molar-refractivity contribution in [2.24, 2.45) is 0 Å². The van der Waals surface area contributed by atoms with Gasteiger partial charge in [0.25, 0.3) is 0 Å². The quantitative estimate of drug-likeness (QED) is 0.755. The lowest BCUT2D eigenvalue weighted by Gasteiger charge is -2.13. The van der Waals surface area contributed by atoms with Crippen molar-refractivity contribution in [2.75, 3.05) is 7.11 Å². The predicted molar refractivity (Wildman–Crippen MR) is 76.8 cm³/mol. The van der Waals surface area contributed by atoms with Crippen LogP contribution in [0.2, 0.25) is 0 Å². The van der Waals surface area contributed by atoms with Crippen molar-refractivity contribution in [1.29, 1.82) is 0 Å². The highest BCUT2D eigenvalue weighted by Crippen LogP contribution is 2.36. The van der Waals surface area contributed by atoms with E-state index in [-0.39, 0.29) is 6.61 Å². The molecule has 0 amide bonds. The molecule has 2 rings (SSSR count). The normalized spacial score (nSPS) is 10.3. The van der Waals surface area contributed by atoms with E-state index in [9.17, 15) is 13.6 Å². The van der Waals surface area contributed by atoms with Crippen molar-refractivity contribution in [3.05, 3.63) is 57.6 Å². The molecule has 2 aromatic rings. The molecule has 3 nitrogen and oxygen atoms in total. The van der Waals surface area contributed by atoms with Crippen LogP contribution in [0.1, 0.15) is 15.9 Å². The van der Waals surface area contributed by atoms with Crippen molar-refractivity contribution in [3.8, 4) is 11.5 Å². The predicted octanol–water partition coefficient (Wildman–Crippen LogP) is 4.13. The molecule has 6 heteroatoms. The van der Waals surface area contributed by atoms with Crippen LogP contribution in [0, 0.1) is 11.6 Å². The van der Waals surface area contributed by atoms with Crippen molar-refractivity contribution < 1.29 is 23.0 Å². The van der Waals surface area contributed by atoms with E-state index in [1.165, 1.54) is 19.2 Å². The molecule has 0 N–H and O–H groups in total. The van der Waals surface area contributed by atoms with E-state index < -0.39 is 11.6 Å². The van der Waals surface area contributed by atoms with Crippen LogP contribution in [-0.4, -0.2) is 13.4 Å². The molecule has 0 saturated heterocycles. The third-order valence-corrected chi connectivity index (χ3v) is 3.34. The maximum Gasteiger partial charge on any atom is 0.175 e. The number of ether oxygens (including phenoxy) is 2. The van der Waals surface area contributed by atoms with Gasteiger partial charge >= 0.3 is 0 Å². The average molecular weight is 357 g/mol. The summed E-state index contributed by atoms with van der Waals surface area (Å²) in [5, 5.41) is 0. The standard InChI is InChI=1S/C15H11BrF2O3/c1-20-14-6-10(7-19)4-11(16)15(14)21-8-9-2-3-12(17)13(18)5-9/h2-7H,8H2,1H3. The van der Waals surface area contributed by atoms with Gasteiger partial charge in [-0.1, -0.05) is 6.07 Å². The first-order chi connectivity index (χ1) is 10.0. The lowest BCUT2D eigenvalue weighted by Crippen LogP contribution is -2.00. The van der Waals surface area contributed by atoms with Gasteiger partial charge in [0.1, 0.15) is 12.9 Å². The van der Waals surface area contributed by atoms with E-state index in [1.54, 1.807) is 6.07 Å². The molecule has 0 radical (unpaired) electrons. The average Bonchev–Trinajstić information content (AvgIpc) is 2.48. The molecule has 0 aliphatic rings. The number of methoxy groups -OCH3 is 1. The molecule has 0 unspecified atom stereocenters. The largest absolute Gasteiger partial charge is 0.493 e. The highest BCUT2D eigenvalue weighted by atomic mass is 79.9. The van der Waals surface area contributed by atoms with Crippen LogP contribution in [0.15, 0.2) is 34.8 Å². The molecule has 0 heterocycles. The van der Waals surface area contributed by atoms with Crippen LogP contribution in [0.5, 0.6) is 11.5 Å². The fourth-order valence-corrected chi connectivity index (χ4v) is 2.31. The van der Waals surface area contributed by atoms with Gasteiger partial charge in [-0.3, -0.25) is 4.79 Å². The fraction of sp³-hybridized carbons (Fsp3) is 0.133. The van der Waals surface area contributed by atoms with Crippen molar-refractivity contribution in [2.45, 2.75) is 6.61 Å². The topological polar surface area (TPSA) is 35.5 Å². The van der Waals surface area contributed by atoms with Crippen LogP contribution in [0.25, 0.3) is 0 Å². The van der Waals surface area contributed by atoms with Gasteiger partial charge in [-0.15, -0.1) is 0 Å². The van der Waals surface area contributed by atoms with Crippen LogP contribution < -0.4 is 9.47 Å². The zero-order valence-corrected chi connectivity index (χ0v) is 12.6. The van der Waals surface area contributed by atoms with Gasteiger partial charge in [0.05, 0.1) is 11.6 Å². The summed E-state index contributed by atoms with van der Waals surface area (Å²) in [6, 6.07) is 6.64. The number of hydrogen-bond donors (Lipinski definition) is 0. The number of rotatable bonds is 5. The molecule has 0 spiro atoms. The van der Waals surface area contributed by atoms with Crippen molar-refractivity contribution >= 4 is 22.2 Å². The van der Waals surface area contributed by atoms with Gasteiger partial charge in [-0.05, 0) is 45.8 Å². The molecule has 110 valence electrons. The molecule has 0 aliphatic heterocycles. The number of carbonyl (C=O) groups excluding carboxylic acids is 1. The van der Waals surface area contributed by atoms with E-state index in [4.69, 9.17) is 9.47 Å². The van der Waals surface area contributed by atoms with E-state index >= 15 is 0 Å². The summed E-state index contributed by atoms with van der Waals surface area (Å²) in [5.41, 5.74) is 0.904. The second-order valence-corrected chi connectivity index (χ2v) is 5.04. The minimum Gasteiger partial charge on any atom is -0.493 e. The molecule has 0 aliphatic carbocycles. The SMILES string of the molecule is COc1cc(C=O)cc(Br)c1OCc1ccc(F)c(F)c1. The third kappa shape index (κ3) is 3.58. The highest BCUT2D eigenvalue weighted by molar-refractivity contribution is 9.10. The second-order valence-electron chi connectivity index (χ2n) is 4.19. The van der Waals surface area contributed by atoms with Gasteiger partial charge in [-0.2, -0.15) is 0 Å². The molecule has 0 saturated carbocycles. The molecular weight excluding hydrogens is 346 g/mol. The summed E-state index contributed by atoms with van der Waals surface area (Å²) >= 11 is 3.28. The lowest BCUT2D eigenvalue weighted by atomic mass is 10.2. The van der Waals surface area contributed by atoms with Gasteiger partial charge in [0.15, 0.2) is 23.1 Å². The first-order valence-electron chi connectivity index (χ1n) is 5.94. The van der Waals surface area contributed by atoms with E-state index in [2.05, 4.69) is 15.9 Å². The number of benzene rings is 2. The Balaban J connectivity index is 2.23. The first-order valence-corrected chi connectivity index (χ1v) is 6.74. The fourth-order valence-electron chi connectivity index (χ4n) is 1.73. The highest BCUT2D eigenvalue weighted by Gasteiger charge is 2.12. The molecular formula is C15H11BrF2O3. The van der Waals surface area contributed by atoms with Crippen LogP contribution >= 0.6 is 15.9 Å². The molecule has 0 aromatic heterocycles.